The number of nitrogens with zero attached hydrogens (tertiary/aromatic N) is 1. The van der Waals surface area contributed by atoms with Gasteiger partial charge in [0.25, 0.3) is 6.47 Å². The van der Waals surface area contributed by atoms with E-state index in [4.69, 9.17) is 9.90 Å². The number of hydrogen-bond acceptors (Lipinski definition) is 4. The van der Waals surface area contributed by atoms with Crippen LogP contribution in [0, 0.1) is 5.92 Å². The maximum atomic E-state index is 12.5. The summed E-state index contributed by atoms with van der Waals surface area (Å²) in [6.45, 7) is 5.34. The first-order valence-corrected chi connectivity index (χ1v) is 10.8. The van der Waals surface area contributed by atoms with Crippen molar-refractivity contribution in [1.29, 1.82) is 0 Å². The highest BCUT2D eigenvalue weighted by atomic mass is 16.3. The summed E-state index contributed by atoms with van der Waals surface area (Å²) in [4.78, 5) is 47.0. The van der Waals surface area contributed by atoms with Gasteiger partial charge in [-0.1, -0.05) is 44.2 Å². The predicted molar refractivity (Wildman–Crippen MR) is 118 cm³/mol. The van der Waals surface area contributed by atoms with Crippen LogP contribution in [0.1, 0.15) is 57.4 Å². The molecule has 1 unspecified atom stereocenters. The van der Waals surface area contributed by atoms with Crippen LogP contribution in [-0.4, -0.2) is 60.4 Å². The number of hydrogen-bond donors (Lipinski definition) is 3. The van der Waals surface area contributed by atoms with Crippen LogP contribution < -0.4 is 10.6 Å². The normalized spacial score (nSPS) is 18.7. The lowest BCUT2D eigenvalue weighted by Gasteiger charge is -2.24. The predicted octanol–water partition coefficient (Wildman–Crippen LogP) is 2.15. The first-order chi connectivity index (χ1) is 14.9. The number of carbonyl (C=O) groups is 4. The number of amides is 3. The van der Waals surface area contributed by atoms with Crippen molar-refractivity contribution in [1.82, 2.24) is 15.5 Å². The molecule has 1 heterocycles. The third-order valence-corrected chi connectivity index (χ3v) is 5.00. The first-order valence-electron chi connectivity index (χ1n) is 10.8. The lowest BCUT2D eigenvalue weighted by Crippen LogP contribution is -2.43. The molecule has 1 atom stereocenters. The summed E-state index contributed by atoms with van der Waals surface area (Å²) in [5, 5.41) is 12.8. The van der Waals surface area contributed by atoms with Gasteiger partial charge in [0.2, 0.25) is 17.7 Å². The van der Waals surface area contributed by atoms with Crippen molar-refractivity contribution < 1.29 is 24.3 Å². The number of benzene rings is 1. The summed E-state index contributed by atoms with van der Waals surface area (Å²) >= 11 is 0. The van der Waals surface area contributed by atoms with Crippen molar-refractivity contribution in [3.8, 4) is 0 Å². The SMILES string of the molecule is CC(C)CC(=O)N1CCCNC(=O)CCC(c2ccccc2)CCNC(=O)C1.O=CO. The summed E-state index contributed by atoms with van der Waals surface area (Å²) in [5.74, 6) is 0.377. The molecule has 1 aromatic carbocycles. The molecule has 0 spiro atoms. The smallest absolute Gasteiger partial charge is 0.290 e. The van der Waals surface area contributed by atoms with Crippen molar-refractivity contribution in [2.24, 2.45) is 5.92 Å². The Balaban J connectivity index is 0.00000151. The molecular weight excluding hydrogens is 398 g/mol. The first kappa shape index (κ1) is 26.1. The molecular formula is C23H35N3O5. The highest BCUT2D eigenvalue weighted by Crippen LogP contribution is 2.24. The molecule has 8 heteroatoms. The Hall–Kier alpha value is -2.90. The van der Waals surface area contributed by atoms with Crippen LogP contribution in [0.2, 0.25) is 0 Å². The van der Waals surface area contributed by atoms with E-state index in [0.29, 0.717) is 38.9 Å². The molecule has 2 rings (SSSR count). The van der Waals surface area contributed by atoms with Crippen LogP contribution in [-0.2, 0) is 19.2 Å². The van der Waals surface area contributed by atoms with Gasteiger partial charge in [-0.05, 0) is 36.7 Å². The Bertz CT molecular complexity index is 694. The van der Waals surface area contributed by atoms with E-state index in [1.807, 2.05) is 32.0 Å². The van der Waals surface area contributed by atoms with E-state index in [-0.39, 0.29) is 42.6 Å². The summed E-state index contributed by atoms with van der Waals surface area (Å²) in [6, 6.07) is 10.1. The van der Waals surface area contributed by atoms with E-state index in [1.54, 1.807) is 4.90 Å². The summed E-state index contributed by atoms with van der Waals surface area (Å²) in [7, 11) is 0. The number of carbonyl (C=O) groups excluding carboxylic acids is 3. The Morgan fingerprint density at radius 2 is 1.77 bits per heavy atom. The minimum atomic E-state index is -0.250. The lowest BCUT2D eigenvalue weighted by molar-refractivity contribution is -0.136. The zero-order chi connectivity index (χ0) is 23.1. The van der Waals surface area contributed by atoms with Gasteiger partial charge in [-0.25, -0.2) is 0 Å². The topological polar surface area (TPSA) is 116 Å². The maximum Gasteiger partial charge on any atom is 0.290 e. The highest BCUT2D eigenvalue weighted by Gasteiger charge is 2.19. The van der Waals surface area contributed by atoms with E-state index in [9.17, 15) is 14.4 Å². The van der Waals surface area contributed by atoms with Gasteiger partial charge in [0.15, 0.2) is 0 Å². The second-order valence-electron chi connectivity index (χ2n) is 8.01. The fourth-order valence-corrected chi connectivity index (χ4v) is 3.48. The van der Waals surface area contributed by atoms with Crippen LogP contribution in [0.25, 0.3) is 0 Å². The van der Waals surface area contributed by atoms with Crippen LogP contribution in [0.5, 0.6) is 0 Å². The molecule has 1 aliphatic heterocycles. The van der Waals surface area contributed by atoms with Crippen LogP contribution in [0.4, 0.5) is 0 Å². The standard InChI is InChI=1S/C22H33N3O3.CH2O2/c1-17(2)15-22(28)25-14-6-12-23-20(26)10-9-19(11-13-24-21(27)16-25)18-7-4-3-5-8-18;2-1-3/h3-5,7-8,17,19H,6,9-16H2,1-2H3,(H,23,26)(H,24,27);1H,(H,2,3). The second kappa shape index (κ2) is 15.0. The molecule has 8 nitrogen and oxygen atoms in total. The summed E-state index contributed by atoms with van der Waals surface area (Å²) < 4.78 is 0. The fourth-order valence-electron chi connectivity index (χ4n) is 3.48. The average Bonchev–Trinajstić information content (AvgIpc) is 2.73. The largest absolute Gasteiger partial charge is 0.483 e. The summed E-state index contributed by atoms with van der Waals surface area (Å²) in [6.07, 6.45) is 3.05. The van der Waals surface area contributed by atoms with Crippen molar-refractivity contribution in [2.75, 3.05) is 26.2 Å². The van der Waals surface area contributed by atoms with Gasteiger partial charge < -0.3 is 20.6 Å². The van der Waals surface area contributed by atoms with E-state index in [2.05, 4.69) is 22.8 Å². The third kappa shape index (κ3) is 11.2. The Labute approximate surface area is 184 Å². The van der Waals surface area contributed by atoms with E-state index >= 15 is 0 Å². The molecule has 0 saturated carbocycles. The molecule has 1 aliphatic rings. The summed E-state index contributed by atoms with van der Waals surface area (Å²) in [5.41, 5.74) is 1.19. The molecule has 0 bridgehead atoms. The van der Waals surface area contributed by atoms with Crippen LogP contribution in [0.3, 0.4) is 0 Å². The quantitative estimate of drug-likeness (QED) is 0.632. The van der Waals surface area contributed by atoms with E-state index in [0.717, 1.165) is 12.8 Å². The molecule has 0 aromatic heterocycles. The minimum absolute atomic E-state index is 0.00858. The van der Waals surface area contributed by atoms with Gasteiger partial charge in [-0.2, -0.15) is 0 Å². The Morgan fingerprint density at radius 3 is 2.42 bits per heavy atom. The zero-order valence-corrected chi connectivity index (χ0v) is 18.5. The molecule has 0 aliphatic carbocycles. The van der Waals surface area contributed by atoms with Gasteiger partial charge in [0.1, 0.15) is 0 Å². The van der Waals surface area contributed by atoms with Gasteiger partial charge in [-0.3, -0.25) is 19.2 Å². The molecule has 0 radical (unpaired) electrons. The molecule has 172 valence electrons. The van der Waals surface area contributed by atoms with Gasteiger partial charge in [-0.15, -0.1) is 0 Å². The van der Waals surface area contributed by atoms with Crippen molar-refractivity contribution in [2.45, 2.75) is 51.9 Å². The van der Waals surface area contributed by atoms with Crippen molar-refractivity contribution in [3.05, 3.63) is 35.9 Å². The van der Waals surface area contributed by atoms with E-state index < -0.39 is 0 Å². The number of nitrogens with one attached hydrogen (secondary N) is 2. The monoisotopic (exact) mass is 433 g/mol. The molecule has 1 aromatic rings. The van der Waals surface area contributed by atoms with Gasteiger partial charge in [0.05, 0.1) is 6.54 Å². The Kier molecular flexibility index (Phi) is 12.6. The van der Waals surface area contributed by atoms with Gasteiger partial charge in [0, 0.05) is 32.5 Å². The van der Waals surface area contributed by atoms with E-state index in [1.165, 1.54) is 5.56 Å². The number of carboxylic acid groups (broad SMARTS) is 1. The second-order valence-corrected chi connectivity index (χ2v) is 8.01. The molecule has 1 saturated heterocycles. The zero-order valence-electron chi connectivity index (χ0n) is 18.5. The minimum Gasteiger partial charge on any atom is -0.483 e. The van der Waals surface area contributed by atoms with Crippen molar-refractivity contribution >= 4 is 24.2 Å². The molecule has 3 N–H and O–H groups in total. The van der Waals surface area contributed by atoms with Crippen LogP contribution >= 0.6 is 0 Å². The number of rotatable bonds is 3. The average molecular weight is 434 g/mol. The highest BCUT2D eigenvalue weighted by molar-refractivity contribution is 5.84. The lowest BCUT2D eigenvalue weighted by atomic mass is 9.91. The van der Waals surface area contributed by atoms with Crippen molar-refractivity contribution in [3.63, 3.8) is 0 Å². The Morgan fingerprint density at radius 1 is 1.13 bits per heavy atom. The fraction of sp³-hybridized carbons (Fsp3) is 0.565. The molecule has 3 amide bonds. The van der Waals surface area contributed by atoms with Crippen LogP contribution in [0.15, 0.2) is 30.3 Å². The third-order valence-electron chi connectivity index (χ3n) is 5.00. The molecule has 31 heavy (non-hydrogen) atoms. The van der Waals surface area contributed by atoms with Gasteiger partial charge >= 0.3 is 0 Å². The maximum absolute atomic E-state index is 12.5. The molecule has 1 fully saturated rings.